The van der Waals surface area contributed by atoms with Gasteiger partial charge in [0, 0.05) is 31.7 Å². The van der Waals surface area contributed by atoms with Crippen molar-refractivity contribution in [3.63, 3.8) is 0 Å². The molecule has 4 rings (SSSR count). The molecule has 39 heavy (non-hydrogen) atoms. The Hall–Kier alpha value is -3.64. The van der Waals surface area contributed by atoms with Gasteiger partial charge in [-0.15, -0.1) is 0 Å². The maximum atomic E-state index is 13.0. The smallest absolute Gasteiger partial charge is 0.414 e. The van der Waals surface area contributed by atoms with Gasteiger partial charge in [-0.3, -0.25) is 14.6 Å². The van der Waals surface area contributed by atoms with E-state index >= 15 is 0 Å². The van der Waals surface area contributed by atoms with Crippen molar-refractivity contribution in [3.8, 4) is 11.1 Å². The number of amides is 3. The molecule has 0 bridgehead atoms. The molecule has 2 aliphatic heterocycles. The summed E-state index contributed by atoms with van der Waals surface area (Å²) in [5.41, 5.74) is 3.15. The van der Waals surface area contributed by atoms with E-state index in [0.29, 0.717) is 30.0 Å². The van der Waals surface area contributed by atoms with E-state index in [-0.39, 0.29) is 37.7 Å². The number of ether oxygens (including phenoxy) is 2. The lowest BCUT2D eigenvalue weighted by molar-refractivity contribution is 0.0698. The molecule has 2 aromatic carbocycles. The van der Waals surface area contributed by atoms with Gasteiger partial charge >= 0.3 is 12.2 Å². The Labute approximate surface area is 228 Å². The Morgan fingerprint density at radius 1 is 0.897 bits per heavy atom. The van der Waals surface area contributed by atoms with Gasteiger partial charge in [0.1, 0.15) is 0 Å². The number of anilines is 2. The molecule has 2 heterocycles. The zero-order valence-corrected chi connectivity index (χ0v) is 23.6. The van der Waals surface area contributed by atoms with Crippen LogP contribution in [0.25, 0.3) is 11.1 Å². The summed E-state index contributed by atoms with van der Waals surface area (Å²) in [7, 11) is -1.96. The van der Waals surface area contributed by atoms with Gasteiger partial charge in [0.05, 0.1) is 43.4 Å². The number of carbonyl (C=O) groups excluding carboxylic acids is 3. The van der Waals surface area contributed by atoms with Gasteiger partial charge in [0.15, 0.2) is 0 Å². The lowest BCUT2D eigenvalue weighted by Gasteiger charge is -2.40. The Balaban J connectivity index is 1.59. The van der Waals surface area contributed by atoms with Crippen molar-refractivity contribution in [1.82, 2.24) is 9.21 Å². The van der Waals surface area contributed by atoms with Gasteiger partial charge in [-0.05, 0) is 56.2 Å². The SMILES string of the molecule is COC(=O)N1c2ccc(-c3ccc(C(=O)N4CCN(S(C)(=O)=O)CC4)cc3)cc2N(C(=O)OC(C)C)C[C@@H]1C. The fourth-order valence-electron chi connectivity index (χ4n) is 4.83. The zero-order chi connectivity index (χ0) is 28.5. The van der Waals surface area contributed by atoms with Gasteiger partial charge in [-0.1, -0.05) is 18.2 Å². The number of benzene rings is 2. The molecule has 12 heteroatoms. The minimum absolute atomic E-state index is 0.162. The molecule has 210 valence electrons. The Bertz CT molecular complexity index is 1350. The third kappa shape index (κ3) is 6.01. The second kappa shape index (κ2) is 11.2. The quantitative estimate of drug-likeness (QED) is 0.565. The molecule has 1 fully saturated rings. The molecule has 3 amide bonds. The van der Waals surface area contributed by atoms with Crippen LogP contribution in [0.3, 0.4) is 0 Å². The number of hydrogen-bond acceptors (Lipinski definition) is 7. The predicted octanol–water partition coefficient (Wildman–Crippen LogP) is 3.40. The lowest BCUT2D eigenvalue weighted by atomic mass is 10.00. The summed E-state index contributed by atoms with van der Waals surface area (Å²) in [6.45, 7) is 6.82. The van der Waals surface area contributed by atoms with Crippen molar-refractivity contribution in [2.24, 2.45) is 0 Å². The highest BCUT2D eigenvalue weighted by atomic mass is 32.2. The minimum atomic E-state index is -3.28. The first-order chi connectivity index (χ1) is 18.4. The van der Waals surface area contributed by atoms with E-state index < -0.39 is 22.2 Å². The second-order valence-corrected chi connectivity index (χ2v) is 11.9. The highest BCUT2D eigenvalue weighted by Crippen LogP contribution is 2.39. The van der Waals surface area contributed by atoms with Gasteiger partial charge in [-0.25, -0.2) is 18.0 Å². The van der Waals surface area contributed by atoms with Crippen molar-refractivity contribution in [3.05, 3.63) is 48.0 Å². The van der Waals surface area contributed by atoms with Crippen LogP contribution in [-0.2, 0) is 19.5 Å². The Morgan fingerprint density at radius 2 is 1.51 bits per heavy atom. The summed E-state index contributed by atoms with van der Waals surface area (Å²) >= 11 is 0. The molecule has 0 saturated carbocycles. The summed E-state index contributed by atoms with van der Waals surface area (Å²) < 4.78 is 35.3. The predicted molar refractivity (Wildman–Crippen MR) is 148 cm³/mol. The number of rotatable bonds is 4. The summed E-state index contributed by atoms with van der Waals surface area (Å²) in [5.74, 6) is -0.162. The van der Waals surface area contributed by atoms with Crippen LogP contribution in [0.15, 0.2) is 42.5 Å². The topological polar surface area (TPSA) is 117 Å². The molecular formula is C27H34N4O7S. The van der Waals surface area contributed by atoms with Crippen molar-refractivity contribution in [1.29, 1.82) is 0 Å². The highest BCUT2D eigenvalue weighted by molar-refractivity contribution is 7.88. The van der Waals surface area contributed by atoms with Crippen LogP contribution in [0.1, 0.15) is 31.1 Å². The number of hydrogen-bond donors (Lipinski definition) is 0. The molecule has 0 aromatic heterocycles. The normalized spacial score (nSPS) is 18.1. The van der Waals surface area contributed by atoms with Gasteiger partial charge in [-0.2, -0.15) is 4.31 Å². The first-order valence-corrected chi connectivity index (χ1v) is 14.6. The van der Waals surface area contributed by atoms with Crippen LogP contribution in [-0.4, -0.2) is 94.0 Å². The third-order valence-corrected chi connectivity index (χ3v) is 8.10. The molecule has 0 N–H and O–H groups in total. The number of methoxy groups -OCH3 is 1. The van der Waals surface area contributed by atoms with E-state index in [4.69, 9.17) is 9.47 Å². The van der Waals surface area contributed by atoms with Crippen LogP contribution in [0.4, 0.5) is 21.0 Å². The molecule has 0 aliphatic carbocycles. The minimum Gasteiger partial charge on any atom is -0.452 e. The lowest BCUT2D eigenvalue weighted by Crippen LogP contribution is -2.52. The summed E-state index contributed by atoms with van der Waals surface area (Å²) in [5, 5.41) is 0. The summed E-state index contributed by atoms with van der Waals surface area (Å²) in [6.07, 6.45) is -0.160. The van der Waals surface area contributed by atoms with Crippen molar-refractivity contribution in [2.45, 2.75) is 32.9 Å². The molecule has 0 radical (unpaired) electrons. The molecule has 1 atom stereocenters. The monoisotopic (exact) mass is 558 g/mol. The molecule has 0 spiro atoms. The average molecular weight is 559 g/mol. The number of carbonyl (C=O) groups is 3. The van der Waals surface area contributed by atoms with Crippen LogP contribution >= 0.6 is 0 Å². The number of fused-ring (bicyclic) bond motifs is 1. The first-order valence-electron chi connectivity index (χ1n) is 12.7. The molecule has 1 saturated heterocycles. The van der Waals surface area contributed by atoms with Crippen molar-refractivity contribution >= 4 is 39.5 Å². The number of piperazine rings is 1. The van der Waals surface area contributed by atoms with E-state index in [9.17, 15) is 22.8 Å². The standard InChI is InChI=1S/C27H34N4O7S/c1-18(2)38-26(33)30-17-19(3)31(27(34)37-4)23-11-10-22(16-24(23)30)20-6-8-21(9-7-20)25(32)28-12-14-29(15-13-28)39(5,35)36/h6-11,16,18-19H,12-15,17H2,1-5H3/t19-/m0/s1. The second-order valence-electron chi connectivity index (χ2n) is 9.97. The zero-order valence-electron chi connectivity index (χ0n) is 22.8. The molecule has 11 nitrogen and oxygen atoms in total. The van der Waals surface area contributed by atoms with E-state index in [2.05, 4.69) is 0 Å². The highest BCUT2D eigenvalue weighted by Gasteiger charge is 2.36. The maximum Gasteiger partial charge on any atom is 0.414 e. The molecule has 2 aromatic rings. The van der Waals surface area contributed by atoms with Crippen LogP contribution < -0.4 is 9.80 Å². The van der Waals surface area contributed by atoms with E-state index in [1.54, 1.807) is 36.9 Å². The van der Waals surface area contributed by atoms with Crippen LogP contribution in [0, 0.1) is 0 Å². The van der Waals surface area contributed by atoms with E-state index in [1.165, 1.54) is 27.5 Å². The summed E-state index contributed by atoms with van der Waals surface area (Å²) in [6, 6.07) is 12.2. The number of nitrogens with zero attached hydrogens (tertiary/aromatic N) is 4. The van der Waals surface area contributed by atoms with Crippen LogP contribution in [0.2, 0.25) is 0 Å². The van der Waals surface area contributed by atoms with Crippen LogP contribution in [0.5, 0.6) is 0 Å². The third-order valence-electron chi connectivity index (χ3n) is 6.80. The van der Waals surface area contributed by atoms with E-state index in [1.807, 2.05) is 31.2 Å². The fourth-order valence-corrected chi connectivity index (χ4v) is 5.66. The first kappa shape index (κ1) is 28.4. The molecular weight excluding hydrogens is 524 g/mol. The Morgan fingerprint density at radius 3 is 2.08 bits per heavy atom. The maximum absolute atomic E-state index is 13.0. The van der Waals surface area contributed by atoms with Gasteiger partial charge in [0.2, 0.25) is 10.0 Å². The van der Waals surface area contributed by atoms with E-state index in [0.717, 1.165) is 11.1 Å². The molecule has 0 unspecified atom stereocenters. The fraction of sp³-hybridized carbons (Fsp3) is 0.444. The number of sulfonamides is 1. The summed E-state index contributed by atoms with van der Waals surface area (Å²) in [4.78, 5) is 43.2. The Kier molecular flexibility index (Phi) is 8.17. The molecule has 2 aliphatic rings. The van der Waals surface area contributed by atoms with Crippen molar-refractivity contribution < 1.29 is 32.3 Å². The van der Waals surface area contributed by atoms with Gasteiger partial charge < -0.3 is 14.4 Å². The van der Waals surface area contributed by atoms with Gasteiger partial charge in [0.25, 0.3) is 5.91 Å². The van der Waals surface area contributed by atoms with Crippen molar-refractivity contribution in [2.75, 3.05) is 55.9 Å². The average Bonchev–Trinajstić information content (AvgIpc) is 2.91. The largest absolute Gasteiger partial charge is 0.452 e.